The predicted octanol–water partition coefficient (Wildman–Crippen LogP) is 3.39. The fourth-order valence-corrected chi connectivity index (χ4v) is 5.32. The molecule has 144 valence electrons. The van der Waals surface area contributed by atoms with Crippen molar-refractivity contribution in [2.75, 3.05) is 0 Å². The number of carbonyl (C=O) groups excluding carboxylic acids is 2. The van der Waals surface area contributed by atoms with Gasteiger partial charge in [-0.2, -0.15) is 8.78 Å². The third-order valence-electron chi connectivity index (χ3n) is 6.37. The van der Waals surface area contributed by atoms with Crippen molar-refractivity contribution in [3.63, 3.8) is 0 Å². The van der Waals surface area contributed by atoms with Crippen LogP contribution in [0.4, 0.5) is 8.78 Å². The first-order valence-corrected chi connectivity index (χ1v) is 9.14. The maximum Gasteiger partial charge on any atom is 0.382 e. The number of carbonyl (C=O) groups is 3. The molecule has 4 fully saturated rings. The largest absolute Gasteiger partial charge is 0.477 e. The van der Waals surface area contributed by atoms with E-state index in [-0.39, 0.29) is 29.1 Å². The van der Waals surface area contributed by atoms with E-state index in [4.69, 9.17) is 9.84 Å². The molecule has 3 atom stereocenters. The van der Waals surface area contributed by atoms with Crippen LogP contribution in [0.15, 0.2) is 30.3 Å². The summed E-state index contributed by atoms with van der Waals surface area (Å²) in [7, 11) is 0. The van der Waals surface area contributed by atoms with E-state index < -0.39 is 29.4 Å². The highest BCUT2D eigenvalue weighted by atomic mass is 19.3. The molecule has 1 aromatic rings. The fourth-order valence-electron chi connectivity index (χ4n) is 5.32. The van der Waals surface area contributed by atoms with E-state index in [1.165, 1.54) is 24.3 Å². The van der Waals surface area contributed by atoms with Crippen LogP contribution in [0.1, 0.15) is 43.8 Å². The molecule has 0 saturated heterocycles. The van der Waals surface area contributed by atoms with Crippen molar-refractivity contribution < 1.29 is 33.0 Å². The highest BCUT2D eigenvalue weighted by Crippen LogP contribution is 2.59. The number of carboxylic acids is 1. The maximum absolute atomic E-state index is 14.4. The zero-order valence-electron chi connectivity index (χ0n) is 14.6. The summed E-state index contributed by atoms with van der Waals surface area (Å²) < 4.78 is 33.9. The molecule has 0 aliphatic heterocycles. The second-order valence-corrected chi connectivity index (χ2v) is 8.15. The van der Waals surface area contributed by atoms with Crippen LogP contribution in [-0.2, 0) is 19.1 Å². The van der Waals surface area contributed by atoms with Crippen LogP contribution < -0.4 is 0 Å². The molecular formula is C20H20F2O5. The lowest BCUT2D eigenvalue weighted by Crippen LogP contribution is -2.55. The first-order valence-electron chi connectivity index (χ1n) is 9.14. The van der Waals surface area contributed by atoms with Gasteiger partial charge in [-0.05, 0) is 43.6 Å². The van der Waals surface area contributed by atoms with E-state index in [1.807, 2.05) is 0 Å². The highest BCUT2D eigenvalue weighted by Gasteiger charge is 2.60. The number of alkyl halides is 2. The Morgan fingerprint density at radius 3 is 2.26 bits per heavy atom. The normalized spacial score (nSPS) is 33.0. The van der Waals surface area contributed by atoms with Gasteiger partial charge in [-0.15, -0.1) is 0 Å². The van der Waals surface area contributed by atoms with Crippen LogP contribution in [0.2, 0.25) is 0 Å². The van der Waals surface area contributed by atoms with E-state index in [0.717, 1.165) is 12.8 Å². The number of benzene rings is 1. The average molecular weight is 378 g/mol. The molecule has 0 spiro atoms. The second kappa shape index (κ2) is 6.11. The number of ether oxygens (including phenoxy) is 1. The van der Waals surface area contributed by atoms with Crippen LogP contribution in [0.3, 0.4) is 0 Å². The molecule has 0 radical (unpaired) electrons. The molecule has 5 nitrogen and oxygen atoms in total. The molecule has 7 heteroatoms. The minimum absolute atomic E-state index is 0.0703. The van der Waals surface area contributed by atoms with Crippen molar-refractivity contribution >= 4 is 17.7 Å². The molecule has 4 saturated carbocycles. The summed E-state index contributed by atoms with van der Waals surface area (Å²) in [6, 6.07) is 7.21. The highest BCUT2D eigenvalue weighted by molar-refractivity contribution is 5.90. The van der Waals surface area contributed by atoms with E-state index >= 15 is 0 Å². The first kappa shape index (κ1) is 18.1. The molecule has 4 aliphatic carbocycles. The van der Waals surface area contributed by atoms with Crippen molar-refractivity contribution in [3.8, 4) is 0 Å². The molecule has 3 unspecified atom stereocenters. The number of esters is 1. The van der Waals surface area contributed by atoms with Gasteiger partial charge in [-0.3, -0.25) is 9.59 Å². The summed E-state index contributed by atoms with van der Waals surface area (Å²) in [6.45, 7) is 0. The number of aliphatic carboxylic acids is 1. The molecule has 0 aromatic heterocycles. The Labute approximate surface area is 154 Å². The lowest BCUT2D eigenvalue weighted by Gasteiger charge is -2.54. The summed E-state index contributed by atoms with van der Waals surface area (Å²) in [5, 5.41) is 8.97. The van der Waals surface area contributed by atoms with Gasteiger partial charge in [-0.25, -0.2) is 4.79 Å². The minimum Gasteiger partial charge on any atom is -0.477 e. The molecule has 27 heavy (non-hydrogen) atoms. The van der Waals surface area contributed by atoms with Crippen molar-refractivity contribution in [1.82, 2.24) is 0 Å². The third-order valence-corrected chi connectivity index (χ3v) is 6.37. The van der Waals surface area contributed by atoms with Crippen molar-refractivity contribution in [3.05, 3.63) is 35.9 Å². The Kier molecular flexibility index (Phi) is 4.09. The number of halogens is 2. The Morgan fingerprint density at radius 1 is 1.11 bits per heavy atom. The number of hydrogen-bond donors (Lipinski definition) is 1. The lowest BCUT2D eigenvalue weighted by atomic mass is 9.49. The minimum atomic E-state index is -4.25. The van der Waals surface area contributed by atoms with Gasteiger partial charge in [0, 0.05) is 11.8 Å². The van der Waals surface area contributed by atoms with E-state index in [2.05, 4.69) is 0 Å². The van der Waals surface area contributed by atoms with Crippen LogP contribution in [0.25, 0.3) is 0 Å². The van der Waals surface area contributed by atoms with E-state index in [0.29, 0.717) is 19.3 Å². The second-order valence-electron chi connectivity index (χ2n) is 8.15. The molecule has 1 N–H and O–H groups in total. The number of rotatable bonds is 5. The quantitative estimate of drug-likeness (QED) is 0.795. The SMILES string of the molecule is O=C1C2CC3CC1CC(C(=O)OC(c1ccccc1)C(F)(F)C(=O)O)(C3)C2. The third kappa shape index (κ3) is 2.84. The Morgan fingerprint density at radius 2 is 1.70 bits per heavy atom. The molecule has 5 rings (SSSR count). The Bertz CT molecular complexity index is 773. The maximum atomic E-state index is 14.4. The van der Waals surface area contributed by atoms with Crippen LogP contribution >= 0.6 is 0 Å². The monoisotopic (exact) mass is 378 g/mol. The molecule has 0 heterocycles. The first-order chi connectivity index (χ1) is 12.7. The van der Waals surface area contributed by atoms with Gasteiger partial charge in [0.1, 0.15) is 5.78 Å². The molecular weight excluding hydrogens is 358 g/mol. The zero-order valence-corrected chi connectivity index (χ0v) is 14.6. The number of Topliss-reactive ketones (excluding diaryl/α,β-unsaturated/α-hetero) is 1. The van der Waals surface area contributed by atoms with Gasteiger partial charge in [-0.1, -0.05) is 30.3 Å². The number of hydrogen-bond acceptors (Lipinski definition) is 4. The van der Waals surface area contributed by atoms with Gasteiger partial charge in [0.05, 0.1) is 5.41 Å². The van der Waals surface area contributed by atoms with E-state index in [1.54, 1.807) is 6.07 Å². The number of carboxylic acid groups (broad SMARTS) is 1. The molecule has 1 aromatic carbocycles. The van der Waals surface area contributed by atoms with Crippen LogP contribution in [0.5, 0.6) is 0 Å². The van der Waals surface area contributed by atoms with Crippen molar-refractivity contribution in [2.24, 2.45) is 23.2 Å². The lowest BCUT2D eigenvalue weighted by molar-refractivity contribution is -0.206. The van der Waals surface area contributed by atoms with E-state index in [9.17, 15) is 23.2 Å². The average Bonchev–Trinajstić information content (AvgIpc) is 2.63. The summed E-state index contributed by atoms with van der Waals surface area (Å²) in [6.07, 6.45) is 0.449. The van der Waals surface area contributed by atoms with Gasteiger partial charge < -0.3 is 9.84 Å². The van der Waals surface area contributed by atoms with Gasteiger partial charge in [0.2, 0.25) is 6.10 Å². The summed E-state index contributed by atoms with van der Waals surface area (Å²) in [5.41, 5.74) is -1.02. The summed E-state index contributed by atoms with van der Waals surface area (Å²) >= 11 is 0. The fraction of sp³-hybridized carbons (Fsp3) is 0.550. The summed E-state index contributed by atoms with van der Waals surface area (Å²) in [5.74, 6) is -7.42. The topological polar surface area (TPSA) is 80.7 Å². The van der Waals surface area contributed by atoms with Gasteiger partial charge in [0.15, 0.2) is 0 Å². The van der Waals surface area contributed by atoms with Crippen molar-refractivity contribution in [2.45, 2.75) is 44.1 Å². The Balaban J connectivity index is 1.63. The van der Waals surface area contributed by atoms with Crippen molar-refractivity contribution in [1.29, 1.82) is 0 Å². The zero-order chi connectivity index (χ0) is 19.4. The van der Waals surface area contributed by atoms with Crippen LogP contribution in [0, 0.1) is 23.2 Å². The van der Waals surface area contributed by atoms with Gasteiger partial charge >= 0.3 is 17.9 Å². The standard InChI is InChI=1S/C20H20F2O5/c21-20(22,17(24)25)16(12-4-2-1-3-5-12)27-18(26)19-8-11-6-13(9-19)15(23)14(7-11)10-19/h1-5,11,13-14,16H,6-10H2,(H,24,25). The smallest absolute Gasteiger partial charge is 0.382 e. The Hall–Kier alpha value is -2.31. The predicted molar refractivity (Wildman–Crippen MR) is 88.9 cm³/mol. The summed E-state index contributed by atoms with van der Waals surface area (Å²) in [4.78, 5) is 36.4. The molecule has 0 amide bonds. The van der Waals surface area contributed by atoms with Gasteiger partial charge in [0.25, 0.3) is 0 Å². The van der Waals surface area contributed by atoms with Crippen LogP contribution in [-0.4, -0.2) is 28.8 Å². The molecule has 4 aliphatic rings. The number of ketones is 1. The molecule has 4 bridgehead atoms.